The van der Waals surface area contributed by atoms with Gasteiger partial charge < -0.3 is 25.8 Å². The van der Waals surface area contributed by atoms with Gasteiger partial charge in [-0.3, -0.25) is 14.4 Å². The van der Waals surface area contributed by atoms with Crippen LogP contribution in [0.1, 0.15) is 30.9 Å². The summed E-state index contributed by atoms with van der Waals surface area (Å²) in [6.45, 7) is 2.67. The maximum Gasteiger partial charge on any atom is 0.407 e. The van der Waals surface area contributed by atoms with Gasteiger partial charge in [-0.25, -0.2) is 4.79 Å². The second-order valence-corrected chi connectivity index (χ2v) is 8.08. The second-order valence-electron chi connectivity index (χ2n) is 8.08. The van der Waals surface area contributed by atoms with Crippen LogP contribution in [0.3, 0.4) is 0 Å². The zero-order valence-corrected chi connectivity index (χ0v) is 18.5. The Kier molecular flexibility index (Phi) is 7.66. The molecule has 1 unspecified atom stereocenters. The summed E-state index contributed by atoms with van der Waals surface area (Å²) in [7, 11) is 0. The standard InChI is InChI=1S/C24H27N3O6/c1-14(2)22(23(31)26-11-20(28)25-12-21(29)30)27-24(32)33-13-19-17-9-5-3-7-15(17)16-8-4-6-10-18(16)19/h3-10,14,19,22H,11-13H2,1-2H3,(H,25,28)(H,26,31)(H,27,32)(H,29,30). The zero-order chi connectivity index (χ0) is 24.0. The average Bonchev–Trinajstić information content (AvgIpc) is 3.11. The Labute approximate surface area is 191 Å². The first kappa shape index (κ1) is 23.8. The SMILES string of the molecule is CC(C)C(NC(=O)OCC1c2ccccc2-c2ccccc21)C(=O)NCC(=O)NCC(=O)O. The third-order valence-corrected chi connectivity index (χ3v) is 5.43. The number of aliphatic carboxylic acids is 1. The van der Waals surface area contributed by atoms with Gasteiger partial charge in [-0.2, -0.15) is 0 Å². The van der Waals surface area contributed by atoms with Crippen molar-refractivity contribution >= 4 is 23.9 Å². The lowest BCUT2D eigenvalue weighted by Gasteiger charge is -2.22. The predicted octanol–water partition coefficient (Wildman–Crippen LogP) is 1.87. The molecule has 2 aromatic rings. The molecule has 1 aliphatic rings. The van der Waals surface area contributed by atoms with E-state index < -0.39 is 43.0 Å². The van der Waals surface area contributed by atoms with Gasteiger partial charge in [0.15, 0.2) is 0 Å². The van der Waals surface area contributed by atoms with Gasteiger partial charge in [0.05, 0.1) is 6.54 Å². The maximum atomic E-state index is 12.5. The lowest BCUT2D eigenvalue weighted by Crippen LogP contribution is -2.51. The van der Waals surface area contributed by atoms with Crippen LogP contribution in [0.4, 0.5) is 4.79 Å². The molecule has 0 aliphatic heterocycles. The molecular weight excluding hydrogens is 426 g/mol. The van der Waals surface area contributed by atoms with Gasteiger partial charge in [0.2, 0.25) is 11.8 Å². The summed E-state index contributed by atoms with van der Waals surface area (Å²) in [5.74, 6) is -2.77. The van der Waals surface area contributed by atoms with Gasteiger partial charge in [0.25, 0.3) is 0 Å². The largest absolute Gasteiger partial charge is 0.480 e. The molecule has 0 heterocycles. The van der Waals surface area contributed by atoms with E-state index in [1.165, 1.54) is 0 Å². The van der Waals surface area contributed by atoms with Crippen LogP contribution in [0.2, 0.25) is 0 Å². The number of carbonyl (C=O) groups is 4. The van der Waals surface area contributed by atoms with E-state index in [4.69, 9.17) is 9.84 Å². The monoisotopic (exact) mass is 453 g/mol. The van der Waals surface area contributed by atoms with Crippen LogP contribution in [0, 0.1) is 5.92 Å². The van der Waals surface area contributed by atoms with Crippen molar-refractivity contribution in [2.75, 3.05) is 19.7 Å². The van der Waals surface area contributed by atoms with Crippen LogP contribution in [-0.4, -0.2) is 54.7 Å². The molecule has 3 amide bonds. The number of benzene rings is 2. The van der Waals surface area contributed by atoms with Crippen LogP contribution in [0.5, 0.6) is 0 Å². The number of carboxylic acid groups (broad SMARTS) is 1. The van der Waals surface area contributed by atoms with Gasteiger partial charge >= 0.3 is 12.1 Å². The van der Waals surface area contributed by atoms with E-state index in [9.17, 15) is 19.2 Å². The lowest BCUT2D eigenvalue weighted by atomic mass is 9.98. The molecule has 0 spiro atoms. The average molecular weight is 453 g/mol. The van der Waals surface area contributed by atoms with Crippen molar-refractivity contribution in [2.24, 2.45) is 5.92 Å². The van der Waals surface area contributed by atoms with Crippen LogP contribution in [0.15, 0.2) is 48.5 Å². The molecule has 33 heavy (non-hydrogen) atoms. The number of hydrogen-bond donors (Lipinski definition) is 4. The van der Waals surface area contributed by atoms with Crippen LogP contribution < -0.4 is 16.0 Å². The molecule has 9 heteroatoms. The fraction of sp³-hybridized carbons (Fsp3) is 0.333. The van der Waals surface area contributed by atoms with Crippen molar-refractivity contribution in [1.29, 1.82) is 0 Å². The minimum absolute atomic E-state index is 0.104. The molecule has 0 aromatic heterocycles. The summed E-state index contributed by atoms with van der Waals surface area (Å²) in [5.41, 5.74) is 4.39. The Balaban J connectivity index is 1.57. The maximum absolute atomic E-state index is 12.5. The minimum Gasteiger partial charge on any atom is -0.480 e. The molecule has 9 nitrogen and oxygen atoms in total. The Morgan fingerprint density at radius 1 is 0.909 bits per heavy atom. The first-order valence-corrected chi connectivity index (χ1v) is 10.7. The first-order valence-electron chi connectivity index (χ1n) is 10.7. The molecule has 4 N–H and O–H groups in total. The van der Waals surface area contributed by atoms with Gasteiger partial charge in [0, 0.05) is 5.92 Å². The van der Waals surface area contributed by atoms with Crippen molar-refractivity contribution in [1.82, 2.24) is 16.0 Å². The van der Waals surface area contributed by atoms with Crippen LogP contribution >= 0.6 is 0 Å². The molecule has 0 saturated carbocycles. The van der Waals surface area contributed by atoms with Gasteiger partial charge in [-0.1, -0.05) is 62.4 Å². The van der Waals surface area contributed by atoms with E-state index in [1.54, 1.807) is 13.8 Å². The number of carboxylic acids is 1. The first-order chi connectivity index (χ1) is 15.8. The summed E-state index contributed by atoms with van der Waals surface area (Å²) in [6, 6.07) is 15.0. The fourth-order valence-corrected chi connectivity index (χ4v) is 3.82. The van der Waals surface area contributed by atoms with Gasteiger partial charge in [-0.05, 0) is 28.2 Å². The van der Waals surface area contributed by atoms with Crippen molar-refractivity contribution in [3.05, 3.63) is 59.7 Å². The summed E-state index contributed by atoms with van der Waals surface area (Å²) < 4.78 is 5.49. The van der Waals surface area contributed by atoms with Crippen molar-refractivity contribution in [3.63, 3.8) is 0 Å². The molecule has 0 radical (unpaired) electrons. The lowest BCUT2D eigenvalue weighted by molar-refractivity contribution is -0.137. The summed E-state index contributed by atoms with van der Waals surface area (Å²) in [4.78, 5) is 47.1. The number of ether oxygens (including phenoxy) is 1. The molecule has 174 valence electrons. The molecule has 1 aliphatic carbocycles. The molecule has 0 bridgehead atoms. The topological polar surface area (TPSA) is 134 Å². The number of nitrogens with one attached hydrogen (secondary N) is 3. The molecule has 1 atom stereocenters. The summed E-state index contributed by atoms with van der Waals surface area (Å²) >= 11 is 0. The molecule has 2 aromatic carbocycles. The molecule has 0 saturated heterocycles. The number of carbonyl (C=O) groups excluding carboxylic acids is 3. The summed E-state index contributed by atoms with van der Waals surface area (Å²) in [6.07, 6.45) is -0.735. The predicted molar refractivity (Wildman–Crippen MR) is 120 cm³/mol. The van der Waals surface area contributed by atoms with Gasteiger partial charge in [-0.15, -0.1) is 0 Å². The Bertz CT molecular complexity index is 1010. The van der Waals surface area contributed by atoms with E-state index in [0.29, 0.717) is 0 Å². The third kappa shape index (κ3) is 5.88. The van der Waals surface area contributed by atoms with Crippen molar-refractivity contribution in [3.8, 4) is 11.1 Å². The Morgan fingerprint density at radius 2 is 1.48 bits per heavy atom. The second kappa shape index (κ2) is 10.6. The van der Waals surface area contributed by atoms with E-state index in [-0.39, 0.29) is 18.4 Å². The smallest absolute Gasteiger partial charge is 0.407 e. The number of amides is 3. The molecule has 3 rings (SSSR count). The number of hydrogen-bond acceptors (Lipinski definition) is 5. The number of fused-ring (bicyclic) bond motifs is 3. The highest BCUT2D eigenvalue weighted by Gasteiger charge is 2.30. The normalized spacial score (nSPS) is 12.9. The zero-order valence-electron chi connectivity index (χ0n) is 18.5. The van der Waals surface area contributed by atoms with Crippen LogP contribution in [-0.2, 0) is 19.1 Å². The number of alkyl carbamates (subject to hydrolysis) is 1. The highest BCUT2D eigenvalue weighted by atomic mass is 16.5. The fourth-order valence-electron chi connectivity index (χ4n) is 3.82. The van der Waals surface area contributed by atoms with Crippen molar-refractivity contribution in [2.45, 2.75) is 25.8 Å². The summed E-state index contributed by atoms with van der Waals surface area (Å²) in [5, 5.41) is 15.7. The van der Waals surface area contributed by atoms with E-state index >= 15 is 0 Å². The molecule has 0 fully saturated rings. The van der Waals surface area contributed by atoms with E-state index in [2.05, 4.69) is 16.0 Å². The van der Waals surface area contributed by atoms with E-state index in [0.717, 1.165) is 22.3 Å². The Morgan fingerprint density at radius 3 is 2.03 bits per heavy atom. The van der Waals surface area contributed by atoms with Gasteiger partial charge in [0.1, 0.15) is 19.2 Å². The van der Waals surface area contributed by atoms with Crippen LogP contribution in [0.25, 0.3) is 11.1 Å². The quantitative estimate of drug-likeness (QED) is 0.458. The van der Waals surface area contributed by atoms with Crippen molar-refractivity contribution < 1.29 is 29.0 Å². The highest BCUT2D eigenvalue weighted by molar-refractivity contribution is 5.90. The Hall–Kier alpha value is -3.88. The number of rotatable bonds is 9. The highest BCUT2D eigenvalue weighted by Crippen LogP contribution is 2.44. The third-order valence-electron chi connectivity index (χ3n) is 5.43. The van der Waals surface area contributed by atoms with E-state index in [1.807, 2.05) is 48.5 Å². The molecular formula is C24H27N3O6. The minimum atomic E-state index is -1.19.